The summed E-state index contributed by atoms with van der Waals surface area (Å²) in [6, 6.07) is 13.3. The van der Waals surface area contributed by atoms with E-state index in [2.05, 4.69) is 4.98 Å². The van der Waals surface area contributed by atoms with Crippen molar-refractivity contribution in [2.45, 2.75) is 11.5 Å². The van der Waals surface area contributed by atoms with Crippen molar-refractivity contribution in [3.63, 3.8) is 0 Å². The van der Waals surface area contributed by atoms with Crippen LogP contribution in [0.4, 0.5) is 0 Å². The van der Waals surface area contributed by atoms with Crippen LogP contribution in [0.2, 0.25) is 5.02 Å². The molecule has 25 heavy (non-hydrogen) atoms. The maximum atomic E-state index is 11.4. The Labute approximate surface area is 150 Å². The van der Waals surface area contributed by atoms with Crippen molar-refractivity contribution in [2.24, 2.45) is 5.14 Å². The summed E-state index contributed by atoms with van der Waals surface area (Å²) in [5.41, 5.74) is 2.11. The number of sulfonamides is 1. The lowest BCUT2D eigenvalue weighted by atomic mass is 10.1. The van der Waals surface area contributed by atoms with E-state index in [9.17, 15) is 8.42 Å². The Balaban J connectivity index is 2.09. The fraction of sp³-hybridized carbons (Fsp3) is 0.118. The molecule has 2 aromatic carbocycles. The molecule has 0 aliphatic heterocycles. The Bertz CT molecular complexity index is 980. The molecule has 130 valence electrons. The van der Waals surface area contributed by atoms with Gasteiger partial charge in [-0.25, -0.2) is 18.5 Å². The van der Waals surface area contributed by atoms with Crippen LogP contribution in [0.25, 0.3) is 22.6 Å². The molecule has 2 N–H and O–H groups in total. The predicted octanol–water partition coefficient (Wildman–Crippen LogP) is 3.46. The minimum Gasteiger partial charge on any atom is -0.437 e. The largest absolute Gasteiger partial charge is 0.437 e. The minimum atomic E-state index is -3.75. The van der Waals surface area contributed by atoms with E-state index in [1.165, 1.54) is 12.1 Å². The number of hydrogen-bond acceptors (Lipinski definition) is 5. The van der Waals surface area contributed by atoms with Crippen LogP contribution < -0.4 is 5.14 Å². The zero-order valence-electron chi connectivity index (χ0n) is 13.3. The summed E-state index contributed by atoms with van der Waals surface area (Å²) in [5.74, 6) is 0.924. The second kappa shape index (κ2) is 6.97. The lowest BCUT2D eigenvalue weighted by molar-refractivity contribution is 0.160. The predicted molar refractivity (Wildman–Crippen MR) is 94.5 cm³/mol. The van der Waals surface area contributed by atoms with Crippen molar-refractivity contribution in [3.05, 3.63) is 59.4 Å². The summed E-state index contributed by atoms with van der Waals surface area (Å²) >= 11 is 5.94. The third kappa shape index (κ3) is 3.91. The molecule has 3 aromatic rings. The first kappa shape index (κ1) is 17.6. The first-order valence-corrected chi connectivity index (χ1v) is 9.19. The van der Waals surface area contributed by atoms with Gasteiger partial charge in [0.05, 0.1) is 4.90 Å². The van der Waals surface area contributed by atoms with E-state index in [4.69, 9.17) is 25.9 Å². The number of primary sulfonamides is 1. The fourth-order valence-corrected chi connectivity index (χ4v) is 2.99. The number of benzene rings is 2. The molecule has 0 unspecified atom stereocenters. The smallest absolute Gasteiger partial charge is 0.238 e. The molecule has 6 nitrogen and oxygen atoms in total. The van der Waals surface area contributed by atoms with Crippen LogP contribution in [0.15, 0.2) is 57.8 Å². The molecular formula is C17H15ClN2O4S. The maximum Gasteiger partial charge on any atom is 0.238 e. The van der Waals surface area contributed by atoms with Gasteiger partial charge in [-0.05, 0) is 36.4 Å². The molecule has 0 saturated heterocycles. The molecule has 0 amide bonds. The topological polar surface area (TPSA) is 95.4 Å². The van der Waals surface area contributed by atoms with Gasteiger partial charge in [-0.15, -0.1) is 0 Å². The molecule has 0 atom stereocenters. The van der Waals surface area contributed by atoms with Crippen LogP contribution in [0.1, 0.15) is 5.89 Å². The molecule has 0 saturated carbocycles. The van der Waals surface area contributed by atoms with Gasteiger partial charge in [0.25, 0.3) is 0 Å². The van der Waals surface area contributed by atoms with Crippen LogP contribution in [-0.4, -0.2) is 20.5 Å². The summed E-state index contributed by atoms with van der Waals surface area (Å²) in [7, 11) is -2.20. The number of aromatic nitrogens is 1. The number of hydrogen-bond donors (Lipinski definition) is 1. The van der Waals surface area contributed by atoms with Crippen molar-refractivity contribution < 1.29 is 17.6 Å². The number of nitrogens with zero attached hydrogens (tertiary/aromatic N) is 1. The number of rotatable bonds is 5. The molecule has 0 spiro atoms. The van der Waals surface area contributed by atoms with Gasteiger partial charge >= 0.3 is 0 Å². The van der Waals surface area contributed by atoms with E-state index in [0.717, 1.165) is 5.56 Å². The molecule has 0 aliphatic rings. The van der Waals surface area contributed by atoms with E-state index in [1.807, 2.05) is 12.1 Å². The van der Waals surface area contributed by atoms with Gasteiger partial charge in [0.2, 0.25) is 15.9 Å². The SMILES string of the molecule is COCc1nc(-c2ccc(Cl)cc2)c(-c2ccc(S(N)(=O)=O)cc2)o1. The lowest BCUT2D eigenvalue weighted by Crippen LogP contribution is -2.11. The summed E-state index contributed by atoms with van der Waals surface area (Å²) in [6.45, 7) is 0.218. The Morgan fingerprint density at radius 3 is 2.24 bits per heavy atom. The second-order valence-electron chi connectivity index (χ2n) is 5.29. The zero-order chi connectivity index (χ0) is 18.0. The third-order valence-corrected chi connectivity index (χ3v) is 4.68. The molecule has 0 radical (unpaired) electrons. The molecule has 0 fully saturated rings. The van der Waals surface area contributed by atoms with E-state index < -0.39 is 10.0 Å². The highest BCUT2D eigenvalue weighted by Gasteiger charge is 2.18. The van der Waals surface area contributed by atoms with Crippen LogP contribution in [0.3, 0.4) is 0 Å². The van der Waals surface area contributed by atoms with E-state index >= 15 is 0 Å². The molecule has 3 rings (SSSR count). The van der Waals surface area contributed by atoms with Gasteiger partial charge in [-0.3, -0.25) is 0 Å². The van der Waals surface area contributed by atoms with Crippen molar-refractivity contribution in [3.8, 4) is 22.6 Å². The minimum absolute atomic E-state index is 0.0286. The summed E-state index contributed by atoms with van der Waals surface area (Å²) < 4.78 is 33.7. The summed E-state index contributed by atoms with van der Waals surface area (Å²) in [6.07, 6.45) is 0. The van der Waals surface area contributed by atoms with Crippen LogP contribution in [0, 0.1) is 0 Å². The third-order valence-electron chi connectivity index (χ3n) is 3.50. The number of nitrogens with two attached hydrogens (primary N) is 1. The monoisotopic (exact) mass is 378 g/mol. The van der Waals surface area contributed by atoms with E-state index in [1.54, 1.807) is 31.4 Å². The summed E-state index contributed by atoms with van der Waals surface area (Å²) in [4.78, 5) is 4.50. The fourth-order valence-electron chi connectivity index (χ4n) is 2.34. The van der Waals surface area contributed by atoms with E-state index in [-0.39, 0.29) is 11.5 Å². The molecule has 1 heterocycles. The number of halogens is 1. The van der Waals surface area contributed by atoms with Crippen LogP contribution in [0.5, 0.6) is 0 Å². The van der Waals surface area contributed by atoms with Crippen LogP contribution in [-0.2, 0) is 21.4 Å². The first-order chi connectivity index (χ1) is 11.9. The zero-order valence-corrected chi connectivity index (χ0v) is 14.8. The highest BCUT2D eigenvalue weighted by molar-refractivity contribution is 7.89. The Morgan fingerprint density at radius 2 is 1.68 bits per heavy atom. The number of ether oxygens (including phenoxy) is 1. The van der Waals surface area contributed by atoms with Crippen LogP contribution >= 0.6 is 11.6 Å². The molecule has 8 heteroatoms. The van der Waals surface area contributed by atoms with Gasteiger partial charge in [0.15, 0.2) is 5.76 Å². The van der Waals surface area contributed by atoms with Gasteiger partial charge in [-0.1, -0.05) is 23.7 Å². The first-order valence-electron chi connectivity index (χ1n) is 7.26. The van der Waals surface area contributed by atoms with Gasteiger partial charge < -0.3 is 9.15 Å². The summed E-state index contributed by atoms with van der Waals surface area (Å²) in [5, 5.41) is 5.75. The molecule has 1 aromatic heterocycles. The average molecular weight is 379 g/mol. The Hall–Kier alpha value is -2.19. The highest BCUT2D eigenvalue weighted by atomic mass is 35.5. The normalized spacial score (nSPS) is 11.6. The van der Waals surface area contributed by atoms with Gasteiger partial charge in [0, 0.05) is 23.3 Å². The van der Waals surface area contributed by atoms with E-state index in [0.29, 0.717) is 27.9 Å². The number of oxazole rings is 1. The molecule has 0 aliphatic carbocycles. The average Bonchev–Trinajstić information content (AvgIpc) is 2.99. The van der Waals surface area contributed by atoms with Crippen molar-refractivity contribution in [1.82, 2.24) is 4.98 Å². The Kier molecular flexibility index (Phi) is 4.91. The van der Waals surface area contributed by atoms with Crippen molar-refractivity contribution >= 4 is 21.6 Å². The number of methoxy groups -OCH3 is 1. The Morgan fingerprint density at radius 1 is 1.08 bits per heavy atom. The quantitative estimate of drug-likeness (QED) is 0.733. The molecular weight excluding hydrogens is 364 g/mol. The van der Waals surface area contributed by atoms with Gasteiger partial charge in [0.1, 0.15) is 12.3 Å². The molecule has 0 bridgehead atoms. The van der Waals surface area contributed by atoms with Gasteiger partial charge in [-0.2, -0.15) is 0 Å². The second-order valence-corrected chi connectivity index (χ2v) is 7.29. The maximum absolute atomic E-state index is 11.4. The van der Waals surface area contributed by atoms with Crippen molar-refractivity contribution in [1.29, 1.82) is 0 Å². The van der Waals surface area contributed by atoms with Crippen molar-refractivity contribution in [2.75, 3.05) is 7.11 Å². The standard InChI is InChI=1S/C17H15ClN2O4S/c1-23-10-15-20-16(11-2-6-13(18)7-3-11)17(24-15)12-4-8-14(9-5-12)25(19,21)22/h2-9H,10H2,1H3,(H2,19,21,22). The highest BCUT2D eigenvalue weighted by Crippen LogP contribution is 2.33. The lowest BCUT2D eigenvalue weighted by Gasteiger charge is -2.03.